The third-order valence-electron chi connectivity index (χ3n) is 8.51. The number of phenols is 1. The van der Waals surface area contributed by atoms with Gasteiger partial charge in [0.2, 0.25) is 11.6 Å². The van der Waals surface area contributed by atoms with Crippen LogP contribution < -0.4 is 9.47 Å². The SMILES string of the molecule is C=CC(C)(C)c1c(O)cc(OC)c2c1O[C@@]13C[C@H]4C(C=C1C2=O)[C@](CC=C(C)C)(OC4(C)C)C3=O. The number of carbonyl (C=O) groups is 2. The summed E-state index contributed by atoms with van der Waals surface area (Å²) >= 11 is 0. The summed E-state index contributed by atoms with van der Waals surface area (Å²) in [5.74, 6) is -0.394. The van der Waals surface area contributed by atoms with E-state index in [1.807, 2.05) is 53.7 Å². The van der Waals surface area contributed by atoms with Crippen molar-refractivity contribution in [2.45, 2.75) is 76.6 Å². The highest BCUT2D eigenvalue weighted by molar-refractivity contribution is 6.21. The van der Waals surface area contributed by atoms with Crippen molar-refractivity contribution < 1.29 is 28.9 Å². The molecular formula is C29H34O6. The first kappa shape index (κ1) is 23.9. The van der Waals surface area contributed by atoms with E-state index < -0.39 is 22.2 Å². The number of allylic oxidation sites excluding steroid dienone is 2. The average Bonchev–Trinajstić information content (AvgIpc) is 2.98. The maximum atomic E-state index is 14.5. The second kappa shape index (κ2) is 7.10. The highest BCUT2D eigenvalue weighted by atomic mass is 16.6. The van der Waals surface area contributed by atoms with Crippen LogP contribution in [-0.4, -0.2) is 40.6 Å². The molecule has 0 amide bonds. The van der Waals surface area contributed by atoms with E-state index in [9.17, 15) is 14.7 Å². The van der Waals surface area contributed by atoms with Crippen molar-refractivity contribution in [1.82, 2.24) is 0 Å². The Morgan fingerprint density at radius 2 is 2.00 bits per heavy atom. The Hall–Kier alpha value is -2.86. The first-order valence-corrected chi connectivity index (χ1v) is 12.2. The van der Waals surface area contributed by atoms with E-state index in [-0.39, 0.29) is 46.2 Å². The normalized spacial score (nSPS) is 31.8. The van der Waals surface area contributed by atoms with Crippen LogP contribution in [0.4, 0.5) is 0 Å². The number of aromatic hydroxyl groups is 1. The number of hydrogen-bond acceptors (Lipinski definition) is 6. The molecule has 1 saturated carbocycles. The van der Waals surface area contributed by atoms with Crippen molar-refractivity contribution in [2.24, 2.45) is 11.8 Å². The molecule has 3 aliphatic carbocycles. The number of ether oxygens (including phenoxy) is 3. The molecule has 1 spiro atoms. The molecule has 6 rings (SSSR count). The summed E-state index contributed by atoms with van der Waals surface area (Å²) in [6.07, 6.45) is 6.42. The van der Waals surface area contributed by atoms with E-state index >= 15 is 0 Å². The van der Waals surface area contributed by atoms with Crippen LogP contribution in [-0.2, 0) is 14.9 Å². The number of hydrogen-bond donors (Lipinski definition) is 1. The number of ketones is 2. The lowest BCUT2D eigenvalue weighted by molar-refractivity contribution is -0.166. The Bertz CT molecular complexity index is 1240. The lowest BCUT2D eigenvalue weighted by Crippen LogP contribution is -2.68. The molecule has 4 atom stereocenters. The maximum Gasteiger partial charge on any atom is 0.213 e. The van der Waals surface area contributed by atoms with Gasteiger partial charge >= 0.3 is 0 Å². The minimum atomic E-state index is -1.47. The van der Waals surface area contributed by atoms with Crippen LogP contribution in [0.25, 0.3) is 0 Å². The van der Waals surface area contributed by atoms with Gasteiger partial charge in [-0.3, -0.25) is 9.59 Å². The van der Waals surface area contributed by atoms with Crippen molar-refractivity contribution in [3.63, 3.8) is 0 Å². The number of carbonyl (C=O) groups excluding carboxylic acids is 2. The number of phenolic OH excluding ortho intramolecular Hbond substituents is 1. The van der Waals surface area contributed by atoms with Gasteiger partial charge in [0.15, 0.2) is 5.60 Å². The molecule has 1 aromatic rings. The van der Waals surface area contributed by atoms with Crippen LogP contribution in [0.5, 0.6) is 17.2 Å². The topological polar surface area (TPSA) is 82.1 Å². The molecule has 6 heteroatoms. The monoisotopic (exact) mass is 478 g/mol. The number of methoxy groups -OCH3 is 1. The molecule has 2 heterocycles. The maximum absolute atomic E-state index is 14.5. The minimum Gasteiger partial charge on any atom is -0.507 e. The fourth-order valence-electron chi connectivity index (χ4n) is 6.64. The Morgan fingerprint density at radius 1 is 1.31 bits per heavy atom. The Labute approximate surface area is 206 Å². The predicted molar refractivity (Wildman–Crippen MR) is 132 cm³/mol. The molecule has 1 unspecified atom stereocenters. The van der Waals surface area contributed by atoms with E-state index in [0.717, 1.165) is 5.57 Å². The molecule has 1 N–H and O–H groups in total. The van der Waals surface area contributed by atoms with Gasteiger partial charge in [0.1, 0.15) is 28.4 Å². The van der Waals surface area contributed by atoms with Gasteiger partial charge < -0.3 is 19.3 Å². The lowest BCUT2D eigenvalue weighted by Gasteiger charge is -2.53. The fourth-order valence-corrected chi connectivity index (χ4v) is 6.64. The molecular weight excluding hydrogens is 444 g/mol. The summed E-state index contributed by atoms with van der Waals surface area (Å²) in [5.41, 5.74) is -1.77. The van der Waals surface area contributed by atoms with Crippen LogP contribution in [0.3, 0.4) is 0 Å². The standard InChI is InChI=1S/C29H34O6/c1-9-26(4,5)22-19(30)13-20(33-8)21-23(31)17-12-16-18-14-29(17,34-24(21)22)25(32)28(16,11-10-15(2)3)35-27(18,6)7/h9-10,12-13,16,18,30H,1,11,14H2,2-8H3/t16?,18-,28-,29-/m0/s1. The first-order chi connectivity index (χ1) is 16.3. The zero-order valence-corrected chi connectivity index (χ0v) is 21.6. The Balaban J connectivity index is 1.80. The smallest absolute Gasteiger partial charge is 0.213 e. The zero-order valence-electron chi connectivity index (χ0n) is 21.6. The summed E-state index contributed by atoms with van der Waals surface area (Å²) in [6, 6.07) is 1.44. The minimum absolute atomic E-state index is 0.000989. The van der Waals surface area contributed by atoms with Crippen molar-refractivity contribution in [3.05, 3.63) is 53.1 Å². The molecule has 2 aliphatic heterocycles. The number of rotatable bonds is 5. The summed E-state index contributed by atoms with van der Waals surface area (Å²) in [5, 5.41) is 11.0. The molecule has 1 aromatic carbocycles. The van der Waals surface area contributed by atoms with E-state index in [4.69, 9.17) is 14.2 Å². The van der Waals surface area contributed by atoms with E-state index in [1.54, 1.807) is 6.08 Å². The van der Waals surface area contributed by atoms with Crippen molar-refractivity contribution in [1.29, 1.82) is 0 Å². The Kier molecular flexibility index (Phi) is 4.84. The van der Waals surface area contributed by atoms with Crippen LogP contribution in [0.15, 0.2) is 42.0 Å². The molecule has 0 radical (unpaired) electrons. The van der Waals surface area contributed by atoms with Gasteiger partial charge in [-0.15, -0.1) is 6.58 Å². The summed E-state index contributed by atoms with van der Waals surface area (Å²) in [6.45, 7) is 15.7. The van der Waals surface area contributed by atoms with Gasteiger partial charge in [0, 0.05) is 47.3 Å². The second-order valence-electron chi connectivity index (χ2n) is 11.7. The summed E-state index contributed by atoms with van der Waals surface area (Å²) in [7, 11) is 1.45. The summed E-state index contributed by atoms with van der Waals surface area (Å²) in [4.78, 5) is 28.5. The van der Waals surface area contributed by atoms with Gasteiger partial charge in [-0.05, 0) is 27.7 Å². The van der Waals surface area contributed by atoms with E-state index in [0.29, 0.717) is 24.0 Å². The first-order valence-electron chi connectivity index (χ1n) is 12.2. The third kappa shape index (κ3) is 2.86. The van der Waals surface area contributed by atoms with Gasteiger partial charge in [-0.1, -0.05) is 37.6 Å². The quantitative estimate of drug-likeness (QED) is 0.584. The number of Topliss-reactive ketones (excluding diaryl/α,β-unsaturated/α-hetero) is 2. The average molecular weight is 479 g/mol. The largest absolute Gasteiger partial charge is 0.507 e. The number of fused-ring (bicyclic) bond motifs is 1. The van der Waals surface area contributed by atoms with Crippen LogP contribution >= 0.6 is 0 Å². The predicted octanol–water partition coefficient (Wildman–Crippen LogP) is 5.23. The highest BCUT2D eigenvalue weighted by Gasteiger charge is 2.76. The van der Waals surface area contributed by atoms with Gasteiger partial charge in [0.25, 0.3) is 0 Å². The molecule has 186 valence electrons. The second-order valence-corrected chi connectivity index (χ2v) is 11.7. The molecule has 4 bridgehead atoms. The van der Waals surface area contributed by atoms with Crippen LogP contribution in [0.1, 0.15) is 70.3 Å². The molecule has 1 saturated heterocycles. The number of benzene rings is 1. The molecule has 5 aliphatic rings. The molecule has 0 aromatic heterocycles. The Morgan fingerprint density at radius 3 is 2.60 bits per heavy atom. The van der Waals surface area contributed by atoms with Crippen molar-refractivity contribution >= 4 is 11.6 Å². The van der Waals surface area contributed by atoms with Gasteiger partial charge in [-0.2, -0.15) is 0 Å². The summed E-state index contributed by atoms with van der Waals surface area (Å²) < 4.78 is 18.8. The van der Waals surface area contributed by atoms with Crippen LogP contribution in [0, 0.1) is 11.8 Å². The van der Waals surface area contributed by atoms with Crippen LogP contribution in [0.2, 0.25) is 0 Å². The fraction of sp³-hybridized carbons (Fsp3) is 0.517. The van der Waals surface area contributed by atoms with Crippen molar-refractivity contribution in [3.8, 4) is 17.2 Å². The molecule has 6 nitrogen and oxygen atoms in total. The van der Waals surface area contributed by atoms with Gasteiger partial charge in [-0.25, -0.2) is 0 Å². The molecule has 35 heavy (non-hydrogen) atoms. The van der Waals surface area contributed by atoms with E-state index in [1.165, 1.54) is 13.2 Å². The zero-order chi connectivity index (χ0) is 25.7. The van der Waals surface area contributed by atoms with Crippen molar-refractivity contribution in [2.75, 3.05) is 7.11 Å². The van der Waals surface area contributed by atoms with E-state index in [2.05, 4.69) is 6.58 Å². The molecule has 2 fully saturated rings. The van der Waals surface area contributed by atoms with Gasteiger partial charge in [0.05, 0.1) is 12.7 Å². The highest BCUT2D eigenvalue weighted by Crippen LogP contribution is 2.65. The lowest BCUT2D eigenvalue weighted by atomic mass is 9.53. The third-order valence-corrected chi connectivity index (χ3v) is 8.51.